The molecule has 4 heterocycles. The second-order valence-corrected chi connectivity index (χ2v) is 16.0. The summed E-state index contributed by atoms with van der Waals surface area (Å²) in [6.45, 7) is 0. The first-order valence-corrected chi connectivity index (χ1v) is 20.0. The predicted octanol–water partition coefficient (Wildman–Crippen LogP) is 14.9. The number of fused-ring (bicyclic) bond motifs is 13. The molecule has 3 nitrogen and oxygen atoms in total. The Bertz CT molecular complexity index is 3710. The van der Waals surface area contributed by atoms with Crippen LogP contribution in [0.4, 0.5) is 17.1 Å². The van der Waals surface area contributed by atoms with E-state index in [1.165, 1.54) is 102 Å². The molecule has 56 heavy (non-hydrogen) atoms. The third-order valence-electron chi connectivity index (χ3n) is 12.0. The Kier molecular flexibility index (Phi) is 6.04. The number of benzene rings is 9. The normalized spacial score (nSPS) is 12.3. The van der Waals surface area contributed by atoms with Crippen molar-refractivity contribution < 1.29 is 0 Å². The number of aromatic nitrogens is 2. The highest BCUT2D eigenvalue weighted by atomic mass is 32.1. The Morgan fingerprint density at radius 3 is 1.73 bits per heavy atom. The number of anilines is 3. The lowest BCUT2D eigenvalue weighted by Gasteiger charge is -2.27. The molecule has 0 amide bonds. The zero-order chi connectivity index (χ0) is 36.5. The van der Waals surface area contributed by atoms with E-state index in [1.807, 2.05) is 11.3 Å². The molecule has 0 aliphatic carbocycles. The number of hydrogen-bond donors (Lipinski definition) is 0. The van der Waals surface area contributed by atoms with Crippen LogP contribution in [0.25, 0.3) is 96.7 Å². The van der Waals surface area contributed by atoms with Crippen LogP contribution in [0.1, 0.15) is 0 Å². The van der Waals surface area contributed by atoms with Crippen molar-refractivity contribution in [3.05, 3.63) is 188 Å². The fourth-order valence-corrected chi connectivity index (χ4v) is 10.7. The summed E-state index contributed by atoms with van der Waals surface area (Å²) >= 11 is 1.86. The lowest BCUT2D eigenvalue weighted by Crippen LogP contribution is -2.11. The van der Waals surface area contributed by atoms with Crippen LogP contribution >= 0.6 is 11.3 Å². The Morgan fingerprint density at radius 1 is 0.357 bits per heavy atom. The molecule has 9 aromatic carbocycles. The first kappa shape index (κ1) is 30.2. The van der Waals surface area contributed by atoms with E-state index in [2.05, 4.69) is 202 Å². The van der Waals surface area contributed by atoms with Crippen LogP contribution in [0.5, 0.6) is 0 Å². The van der Waals surface area contributed by atoms with Gasteiger partial charge in [0.05, 0.1) is 38.8 Å². The lowest BCUT2D eigenvalue weighted by molar-refractivity contribution is 1.24. The standard InChI is InChI=1S/C52H31N3S/c1-2-11-34-30-35(21-20-32(34)10-1)33-22-24-36(25-23-33)53(46-17-9-19-49-50(46)42-14-5-8-18-48(42)56-49)37-26-29-45-47(31-37)55-44-16-7-4-13-39(44)41-28-27-40-38-12-3-6-15-43(38)54(45)51(40)52(41)55/h1-31H. The molecule has 0 unspecified atom stereocenters. The molecular formula is C52H31N3S. The SMILES string of the molecule is c1ccc2cc(-c3ccc(N(c4ccc5c(c4)n4c6ccccc6c6ccc7c8ccccc8n5c7c64)c4cccc5sc6ccccc6c45)cc3)ccc2c1. The second kappa shape index (κ2) is 11.2. The van der Waals surface area contributed by atoms with E-state index in [4.69, 9.17) is 0 Å². The molecule has 13 aromatic rings. The summed E-state index contributed by atoms with van der Waals surface area (Å²) in [5.74, 6) is 0. The van der Waals surface area contributed by atoms with Gasteiger partial charge in [-0.05, 0) is 88.6 Å². The van der Waals surface area contributed by atoms with Crippen LogP contribution in [0.15, 0.2) is 188 Å². The Hall–Kier alpha value is -7.14. The van der Waals surface area contributed by atoms with Crippen LogP contribution < -0.4 is 4.90 Å². The van der Waals surface area contributed by atoms with Crippen LogP contribution in [0.2, 0.25) is 0 Å². The van der Waals surface area contributed by atoms with E-state index >= 15 is 0 Å². The third-order valence-corrected chi connectivity index (χ3v) is 13.1. The highest BCUT2D eigenvalue weighted by Crippen LogP contribution is 2.47. The van der Waals surface area contributed by atoms with Gasteiger partial charge in [-0.3, -0.25) is 0 Å². The first-order valence-electron chi connectivity index (χ1n) is 19.2. The largest absolute Gasteiger partial charge is 0.310 e. The second-order valence-electron chi connectivity index (χ2n) is 14.9. The number of rotatable bonds is 4. The van der Waals surface area contributed by atoms with Gasteiger partial charge >= 0.3 is 0 Å². The van der Waals surface area contributed by atoms with Crippen molar-refractivity contribution in [2.75, 3.05) is 4.90 Å². The van der Waals surface area contributed by atoms with E-state index < -0.39 is 0 Å². The minimum atomic E-state index is 1.11. The number of nitrogens with zero attached hydrogens (tertiary/aromatic N) is 3. The van der Waals surface area contributed by atoms with Gasteiger partial charge in [0.1, 0.15) is 0 Å². The molecule has 0 fully saturated rings. The highest BCUT2D eigenvalue weighted by molar-refractivity contribution is 7.26. The van der Waals surface area contributed by atoms with Crippen molar-refractivity contribution >= 4 is 114 Å². The molecule has 0 atom stereocenters. The summed E-state index contributed by atoms with van der Waals surface area (Å²) in [5.41, 5.74) is 13.2. The zero-order valence-electron chi connectivity index (χ0n) is 30.1. The molecule has 0 radical (unpaired) electrons. The van der Waals surface area contributed by atoms with Gasteiger partial charge in [0.25, 0.3) is 0 Å². The van der Waals surface area contributed by atoms with Gasteiger partial charge in [0, 0.05) is 53.1 Å². The summed E-state index contributed by atoms with van der Waals surface area (Å²) in [6, 6.07) is 69.5. The Labute approximate surface area is 325 Å². The molecule has 0 saturated carbocycles. The molecule has 0 N–H and O–H groups in total. The van der Waals surface area contributed by atoms with Gasteiger partial charge in [0.2, 0.25) is 0 Å². The molecule has 0 aliphatic heterocycles. The average Bonchev–Trinajstić information content (AvgIpc) is 3.92. The molecular weight excluding hydrogens is 699 g/mol. The third kappa shape index (κ3) is 4.06. The maximum atomic E-state index is 2.52. The first-order chi connectivity index (χ1) is 27.8. The van der Waals surface area contributed by atoms with Crippen LogP contribution in [0.3, 0.4) is 0 Å². The fraction of sp³-hybridized carbons (Fsp3) is 0. The van der Waals surface area contributed by atoms with Gasteiger partial charge in [-0.15, -0.1) is 11.3 Å². The van der Waals surface area contributed by atoms with Gasteiger partial charge in [-0.1, -0.05) is 121 Å². The van der Waals surface area contributed by atoms with Crippen LogP contribution in [-0.4, -0.2) is 8.80 Å². The van der Waals surface area contributed by atoms with Crippen LogP contribution in [-0.2, 0) is 0 Å². The fourth-order valence-electron chi connectivity index (χ4n) is 9.56. The van der Waals surface area contributed by atoms with Crippen molar-refractivity contribution in [1.29, 1.82) is 0 Å². The van der Waals surface area contributed by atoms with E-state index in [1.54, 1.807) is 0 Å². The highest BCUT2D eigenvalue weighted by Gasteiger charge is 2.24. The van der Waals surface area contributed by atoms with E-state index in [0.29, 0.717) is 0 Å². The number of thiophene rings is 1. The Morgan fingerprint density at radius 2 is 0.964 bits per heavy atom. The summed E-state index contributed by atoms with van der Waals surface area (Å²) in [4.78, 5) is 2.47. The van der Waals surface area contributed by atoms with Gasteiger partial charge in [-0.2, -0.15) is 0 Å². The minimum Gasteiger partial charge on any atom is -0.310 e. The maximum Gasteiger partial charge on any atom is 0.0789 e. The lowest BCUT2D eigenvalue weighted by atomic mass is 10.0. The summed E-state index contributed by atoms with van der Waals surface area (Å²) in [5, 5.41) is 10.2. The molecule has 0 saturated heterocycles. The van der Waals surface area contributed by atoms with Crippen molar-refractivity contribution in [3.8, 4) is 11.1 Å². The summed E-state index contributed by atoms with van der Waals surface area (Å²) < 4.78 is 7.61. The molecule has 13 rings (SSSR count). The van der Waals surface area contributed by atoms with Crippen molar-refractivity contribution in [3.63, 3.8) is 0 Å². The van der Waals surface area contributed by atoms with E-state index in [0.717, 1.165) is 11.4 Å². The Balaban J connectivity index is 1.11. The molecule has 0 bridgehead atoms. The molecule has 260 valence electrons. The smallest absolute Gasteiger partial charge is 0.0789 e. The maximum absolute atomic E-state index is 2.52. The van der Waals surface area contributed by atoms with Crippen molar-refractivity contribution in [2.24, 2.45) is 0 Å². The van der Waals surface area contributed by atoms with Crippen LogP contribution in [0, 0.1) is 0 Å². The summed E-state index contributed by atoms with van der Waals surface area (Å²) in [7, 11) is 0. The monoisotopic (exact) mass is 729 g/mol. The average molecular weight is 730 g/mol. The van der Waals surface area contributed by atoms with Gasteiger partial charge in [0.15, 0.2) is 0 Å². The predicted molar refractivity (Wildman–Crippen MR) is 240 cm³/mol. The van der Waals surface area contributed by atoms with Gasteiger partial charge in [-0.25, -0.2) is 0 Å². The molecule has 4 aromatic heterocycles. The number of hydrogen-bond acceptors (Lipinski definition) is 2. The van der Waals surface area contributed by atoms with Crippen molar-refractivity contribution in [2.45, 2.75) is 0 Å². The molecule has 4 heteroatoms. The molecule has 0 spiro atoms. The van der Waals surface area contributed by atoms with E-state index in [9.17, 15) is 0 Å². The van der Waals surface area contributed by atoms with E-state index in [-0.39, 0.29) is 0 Å². The van der Waals surface area contributed by atoms with Crippen molar-refractivity contribution in [1.82, 2.24) is 8.80 Å². The van der Waals surface area contributed by atoms with Gasteiger partial charge < -0.3 is 13.7 Å². The topological polar surface area (TPSA) is 12.1 Å². The minimum absolute atomic E-state index is 1.11. The molecule has 0 aliphatic rings. The number of para-hydroxylation sites is 2. The zero-order valence-corrected chi connectivity index (χ0v) is 31.0. The summed E-state index contributed by atoms with van der Waals surface area (Å²) in [6.07, 6.45) is 0. The quantitative estimate of drug-likeness (QED) is 0.164.